The van der Waals surface area contributed by atoms with Crippen LogP contribution in [0, 0.1) is 0 Å². The van der Waals surface area contributed by atoms with Gasteiger partial charge in [0.1, 0.15) is 0 Å². The van der Waals surface area contributed by atoms with Gasteiger partial charge in [-0.05, 0) is 36.5 Å². The number of hydrogen-bond donors (Lipinski definition) is 1. The molecule has 0 unspecified atom stereocenters. The molecule has 0 atom stereocenters. The summed E-state index contributed by atoms with van der Waals surface area (Å²) in [6.45, 7) is 1.62. The number of nitrogens with two attached hydrogens (primary N) is 1. The molecule has 0 fully saturated rings. The van der Waals surface area contributed by atoms with Crippen molar-refractivity contribution in [2.45, 2.75) is 37.5 Å². The van der Waals surface area contributed by atoms with E-state index < -0.39 is 0 Å². The van der Waals surface area contributed by atoms with Gasteiger partial charge in [-0.1, -0.05) is 23.9 Å². The van der Waals surface area contributed by atoms with Crippen molar-refractivity contribution in [3.8, 4) is 11.3 Å². The highest BCUT2D eigenvalue weighted by Gasteiger charge is 2.22. The minimum absolute atomic E-state index is 0.569. The van der Waals surface area contributed by atoms with Crippen molar-refractivity contribution in [2.75, 3.05) is 5.75 Å². The van der Waals surface area contributed by atoms with E-state index in [1.807, 2.05) is 11.8 Å². The van der Waals surface area contributed by atoms with Crippen molar-refractivity contribution in [3.63, 3.8) is 0 Å². The summed E-state index contributed by atoms with van der Waals surface area (Å²) in [6, 6.07) is 6.81. The Bertz CT molecular complexity index is 645. The molecule has 2 heterocycles. The normalized spacial score (nSPS) is 16.7. The average Bonchev–Trinajstić information content (AvgIpc) is 3.12. The van der Waals surface area contributed by atoms with Crippen molar-refractivity contribution in [3.05, 3.63) is 35.0 Å². The third-order valence-corrected chi connectivity index (χ3v) is 5.11. The lowest BCUT2D eigenvalue weighted by Gasteiger charge is -2.07. The second-order valence-electron chi connectivity index (χ2n) is 5.23. The number of aryl methyl sites for hydroxylation is 2. The first-order chi connectivity index (χ1) is 9.36. The highest BCUT2D eigenvalue weighted by molar-refractivity contribution is 7.99. The van der Waals surface area contributed by atoms with E-state index in [9.17, 15) is 0 Å². The fraction of sp³-hybridized carbons (Fsp3) is 0.400. The first-order valence-corrected chi connectivity index (χ1v) is 7.90. The predicted octanol–water partition coefficient (Wildman–Crippen LogP) is 2.60. The minimum Gasteiger partial charge on any atom is -0.325 e. The van der Waals surface area contributed by atoms with Crippen molar-refractivity contribution in [1.29, 1.82) is 0 Å². The van der Waals surface area contributed by atoms with E-state index >= 15 is 0 Å². The summed E-state index contributed by atoms with van der Waals surface area (Å²) in [5.41, 5.74) is 12.5. The number of imidazole rings is 1. The van der Waals surface area contributed by atoms with Crippen LogP contribution in [0.25, 0.3) is 11.3 Å². The summed E-state index contributed by atoms with van der Waals surface area (Å²) in [4.78, 5) is 4.80. The predicted molar refractivity (Wildman–Crippen MR) is 78.3 cm³/mol. The molecule has 4 heteroatoms. The Morgan fingerprint density at radius 2 is 2.16 bits per heavy atom. The van der Waals surface area contributed by atoms with E-state index in [0.717, 1.165) is 23.1 Å². The van der Waals surface area contributed by atoms with E-state index in [1.165, 1.54) is 41.6 Å². The summed E-state index contributed by atoms with van der Waals surface area (Å²) in [5, 5.41) is 1.14. The third kappa shape index (κ3) is 1.74. The zero-order valence-corrected chi connectivity index (χ0v) is 11.7. The van der Waals surface area contributed by atoms with Crippen LogP contribution in [0.15, 0.2) is 23.4 Å². The smallest absolute Gasteiger partial charge is 0.168 e. The van der Waals surface area contributed by atoms with E-state index in [1.54, 1.807) is 0 Å². The van der Waals surface area contributed by atoms with Gasteiger partial charge in [0.15, 0.2) is 5.16 Å². The lowest BCUT2D eigenvalue weighted by Crippen LogP contribution is -2.07. The molecule has 98 valence electrons. The second kappa shape index (κ2) is 4.39. The van der Waals surface area contributed by atoms with Gasteiger partial charge in [0.05, 0.1) is 11.4 Å². The van der Waals surface area contributed by atoms with Crippen molar-refractivity contribution in [1.82, 2.24) is 9.55 Å². The number of aromatic nitrogens is 2. The molecule has 0 amide bonds. The first-order valence-electron chi connectivity index (χ1n) is 6.91. The Hall–Kier alpha value is -1.26. The quantitative estimate of drug-likeness (QED) is 0.913. The maximum atomic E-state index is 5.95. The molecule has 1 aromatic carbocycles. The van der Waals surface area contributed by atoms with E-state index in [-0.39, 0.29) is 0 Å². The number of benzene rings is 1. The maximum Gasteiger partial charge on any atom is 0.168 e. The molecule has 2 aliphatic rings. The monoisotopic (exact) mass is 271 g/mol. The van der Waals surface area contributed by atoms with Crippen molar-refractivity contribution < 1.29 is 0 Å². The van der Waals surface area contributed by atoms with Crippen LogP contribution >= 0.6 is 11.8 Å². The van der Waals surface area contributed by atoms with Crippen LogP contribution in [0.5, 0.6) is 0 Å². The van der Waals surface area contributed by atoms with Crippen LogP contribution in [-0.2, 0) is 25.9 Å². The third-order valence-electron chi connectivity index (χ3n) is 4.15. The van der Waals surface area contributed by atoms with Gasteiger partial charge in [-0.3, -0.25) is 0 Å². The Labute approximate surface area is 117 Å². The number of hydrogen-bond acceptors (Lipinski definition) is 3. The van der Waals surface area contributed by atoms with Crippen LogP contribution in [0.2, 0.25) is 0 Å². The Kier molecular flexibility index (Phi) is 2.67. The van der Waals surface area contributed by atoms with Gasteiger partial charge in [-0.2, -0.15) is 0 Å². The van der Waals surface area contributed by atoms with Gasteiger partial charge in [0, 0.05) is 24.4 Å². The number of nitrogens with zero attached hydrogens (tertiary/aromatic N) is 2. The number of fused-ring (bicyclic) bond motifs is 2. The van der Waals surface area contributed by atoms with Gasteiger partial charge in [0.25, 0.3) is 0 Å². The van der Waals surface area contributed by atoms with Crippen LogP contribution in [0.3, 0.4) is 0 Å². The zero-order valence-electron chi connectivity index (χ0n) is 10.9. The molecule has 2 N–H and O–H groups in total. The lowest BCUT2D eigenvalue weighted by atomic mass is 10.0. The van der Waals surface area contributed by atoms with Crippen molar-refractivity contribution in [2.24, 2.45) is 5.73 Å². The Morgan fingerprint density at radius 1 is 1.26 bits per heavy atom. The largest absolute Gasteiger partial charge is 0.325 e. The topological polar surface area (TPSA) is 43.8 Å². The maximum absolute atomic E-state index is 5.95. The van der Waals surface area contributed by atoms with Crippen LogP contribution < -0.4 is 5.73 Å². The average molecular weight is 271 g/mol. The van der Waals surface area contributed by atoms with E-state index in [0.29, 0.717) is 6.54 Å². The van der Waals surface area contributed by atoms with E-state index in [4.69, 9.17) is 10.7 Å². The van der Waals surface area contributed by atoms with Gasteiger partial charge in [-0.25, -0.2) is 4.98 Å². The SMILES string of the molecule is NCc1c(-c2ccc3c(c2)CCC3)nc2n1CCS2. The molecular weight excluding hydrogens is 254 g/mol. The summed E-state index contributed by atoms with van der Waals surface area (Å²) in [7, 11) is 0. The molecule has 0 spiro atoms. The summed E-state index contributed by atoms with van der Waals surface area (Å²) < 4.78 is 2.28. The fourth-order valence-corrected chi connectivity index (χ4v) is 4.16. The second-order valence-corrected chi connectivity index (χ2v) is 6.29. The molecule has 0 saturated heterocycles. The summed E-state index contributed by atoms with van der Waals surface area (Å²) >= 11 is 1.83. The number of thioether (sulfide) groups is 1. The van der Waals surface area contributed by atoms with Crippen molar-refractivity contribution >= 4 is 11.8 Å². The van der Waals surface area contributed by atoms with Crippen LogP contribution in [-0.4, -0.2) is 15.3 Å². The van der Waals surface area contributed by atoms with Crippen LogP contribution in [0.1, 0.15) is 23.2 Å². The Balaban J connectivity index is 1.84. The molecule has 19 heavy (non-hydrogen) atoms. The van der Waals surface area contributed by atoms with Crippen LogP contribution in [0.4, 0.5) is 0 Å². The molecular formula is C15H17N3S. The molecule has 1 aliphatic carbocycles. The van der Waals surface area contributed by atoms with E-state index in [2.05, 4.69) is 22.8 Å². The minimum atomic E-state index is 0.569. The number of rotatable bonds is 2. The lowest BCUT2D eigenvalue weighted by molar-refractivity contribution is 0.678. The summed E-state index contributed by atoms with van der Waals surface area (Å²) in [5.74, 6) is 1.12. The van der Waals surface area contributed by atoms with Gasteiger partial charge < -0.3 is 10.3 Å². The standard InChI is InChI=1S/C15H17N3S/c16-9-13-14(17-15-18(13)6-7-19-15)12-5-4-10-2-1-3-11(10)8-12/h4-5,8H,1-3,6-7,9,16H2. The molecule has 3 nitrogen and oxygen atoms in total. The fourth-order valence-electron chi connectivity index (χ4n) is 3.19. The first kappa shape index (κ1) is 11.6. The Morgan fingerprint density at radius 3 is 3.05 bits per heavy atom. The van der Waals surface area contributed by atoms with Gasteiger partial charge in [-0.15, -0.1) is 0 Å². The molecule has 1 aliphatic heterocycles. The van der Waals surface area contributed by atoms with Gasteiger partial charge >= 0.3 is 0 Å². The molecule has 0 radical (unpaired) electrons. The molecule has 0 bridgehead atoms. The molecule has 1 aromatic heterocycles. The zero-order chi connectivity index (χ0) is 12.8. The van der Waals surface area contributed by atoms with Gasteiger partial charge in [0.2, 0.25) is 0 Å². The highest BCUT2D eigenvalue weighted by Crippen LogP contribution is 2.34. The molecule has 0 saturated carbocycles. The molecule has 4 rings (SSSR count). The summed E-state index contributed by atoms with van der Waals surface area (Å²) in [6.07, 6.45) is 3.73. The highest BCUT2D eigenvalue weighted by atomic mass is 32.2. The molecule has 2 aromatic rings.